The molecule has 0 radical (unpaired) electrons. The lowest BCUT2D eigenvalue weighted by molar-refractivity contribution is 0.145. The van der Waals surface area contributed by atoms with Crippen molar-refractivity contribution in [2.24, 2.45) is 0 Å². The molecule has 0 bridgehead atoms. The summed E-state index contributed by atoms with van der Waals surface area (Å²) in [5.74, 6) is 2.47. The molecule has 2 rings (SSSR count). The molecule has 1 N–H and O–H groups in total. The van der Waals surface area contributed by atoms with E-state index in [1.807, 2.05) is 11.8 Å². The number of rotatable bonds is 4. The number of hydrogen-bond acceptors (Lipinski definition) is 3. The normalized spacial score (nSPS) is 18.8. The Morgan fingerprint density at radius 3 is 2.39 bits per heavy atom. The van der Waals surface area contributed by atoms with Crippen LogP contribution in [0.5, 0.6) is 0 Å². The summed E-state index contributed by atoms with van der Waals surface area (Å²) in [7, 11) is 0. The molecule has 1 heterocycles. The Morgan fingerprint density at radius 2 is 1.78 bits per heavy atom. The molecule has 1 aromatic rings. The highest BCUT2D eigenvalue weighted by atomic mass is 32.2. The Labute approximate surface area is 114 Å². The van der Waals surface area contributed by atoms with Crippen molar-refractivity contribution in [1.29, 1.82) is 0 Å². The summed E-state index contributed by atoms with van der Waals surface area (Å²) < 4.78 is 0. The topological polar surface area (TPSA) is 23.5 Å². The van der Waals surface area contributed by atoms with E-state index in [9.17, 15) is 5.11 Å². The molecule has 1 aromatic carbocycles. The lowest BCUT2D eigenvalue weighted by Crippen LogP contribution is -2.34. The number of aliphatic hydroxyl groups excluding tert-OH is 1. The third-order valence-corrected chi connectivity index (χ3v) is 4.39. The standard InChI is InChI=1S/C15H23NOS/c1-12-9-13(2)11-14(10-12)15(17)3-4-16-5-7-18-8-6-16/h9-11,15,17H,3-8H2,1-2H3. The summed E-state index contributed by atoms with van der Waals surface area (Å²) in [6, 6.07) is 6.35. The lowest BCUT2D eigenvalue weighted by Gasteiger charge is -2.27. The third-order valence-electron chi connectivity index (χ3n) is 3.45. The van der Waals surface area contributed by atoms with Gasteiger partial charge in [-0.3, -0.25) is 0 Å². The Hall–Kier alpha value is -0.510. The SMILES string of the molecule is Cc1cc(C)cc(C(O)CCN2CCSCC2)c1. The van der Waals surface area contributed by atoms with Gasteiger partial charge in [-0.2, -0.15) is 11.8 Å². The molecular weight excluding hydrogens is 242 g/mol. The van der Waals surface area contributed by atoms with Crippen LogP contribution in [0.3, 0.4) is 0 Å². The van der Waals surface area contributed by atoms with Gasteiger partial charge >= 0.3 is 0 Å². The lowest BCUT2D eigenvalue weighted by atomic mass is 10.0. The summed E-state index contributed by atoms with van der Waals surface area (Å²) in [5.41, 5.74) is 3.54. The van der Waals surface area contributed by atoms with Gasteiger partial charge in [0.1, 0.15) is 0 Å². The minimum atomic E-state index is -0.321. The van der Waals surface area contributed by atoms with Gasteiger partial charge in [-0.25, -0.2) is 0 Å². The number of hydrogen-bond donors (Lipinski definition) is 1. The van der Waals surface area contributed by atoms with E-state index in [4.69, 9.17) is 0 Å². The first-order valence-electron chi connectivity index (χ1n) is 6.71. The summed E-state index contributed by atoms with van der Waals surface area (Å²) in [5, 5.41) is 10.3. The maximum atomic E-state index is 10.3. The first-order valence-corrected chi connectivity index (χ1v) is 7.87. The second-order valence-electron chi connectivity index (χ2n) is 5.18. The van der Waals surface area contributed by atoms with Gasteiger partial charge in [-0.1, -0.05) is 29.3 Å². The molecule has 0 aliphatic carbocycles. The van der Waals surface area contributed by atoms with Crippen LogP contribution in [0.25, 0.3) is 0 Å². The minimum Gasteiger partial charge on any atom is -0.388 e. The zero-order valence-corrected chi connectivity index (χ0v) is 12.2. The first kappa shape index (κ1) is 13.9. The fourth-order valence-corrected chi connectivity index (χ4v) is 3.48. The molecule has 1 aliphatic heterocycles. The van der Waals surface area contributed by atoms with Crippen molar-refractivity contribution in [2.45, 2.75) is 26.4 Å². The molecule has 0 spiro atoms. The maximum absolute atomic E-state index is 10.3. The Kier molecular flexibility index (Phi) is 5.10. The van der Waals surface area contributed by atoms with Crippen molar-refractivity contribution < 1.29 is 5.11 Å². The van der Waals surface area contributed by atoms with Crippen molar-refractivity contribution in [3.8, 4) is 0 Å². The van der Waals surface area contributed by atoms with Gasteiger partial charge in [0.05, 0.1) is 6.10 Å². The summed E-state index contributed by atoms with van der Waals surface area (Å²) in [4.78, 5) is 2.46. The fraction of sp³-hybridized carbons (Fsp3) is 0.600. The second kappa shape index (κ2) is 6.60. The molecule has 1 saturated heterocycles. The van der Waals surface area contributed by atoms with Crippen LogP contribution in [0.1, 0.15) is 29.2 Å². The van der Waals surface area contributed by atoms with Crippen LogP contribution in [-0.4, -0.2) is 41.1 Å². The van der Waals surface area contributed by atoms with Crippen LogP contribution < -0.4 is 0 Å². The Morgan fingerprint density at radius 1 is 1.17 bits per heavy atom. The molecule has 2 nitrogen and oxygen atoms in total. The molecule has 0 aromatic heterocycles. The Balaban J connectivity index is 1.88. The number of benzene rings is 1. The van der Waals surface area contributed by atoms with Crippen LogP contribution in [0.2, 0.25) is 0 Å². The monoisotopic (exact) mass is 265 g/mol. The van der Waals surface area contributed by atoms with Gasteiger partial charge < -0.3 is 10.0 Å². The summed E-state index contributed by atoms with van der Waals surface area (Å²) in [6.07, 6.45) is 0.520. The molecule has 3 heteroatoms. The third kappa shape index (κ3) is 4.01. The van der Waals surface area contributed by atoms with Crippen LogP contribution in [-0.2, 0) is 0 Å². The second-order valence-corrected chi connectivity index (χ2v) is 6.40. The fourth-order valence-electron chi connectivity index (χ4n) is 2.50. The number of aryl methyl sites for hydroxylation is 2. The highest BCUT2D eigenvalue weighted by molar-refractivity contribution is 7.99. The number of nitrogens with zero attached hydrogens (tertiary/aromatic N) is 1. The predicted octanol–water partition coefficient (Wildman–Crippen LogP) is 2.78. The molecule has 1 aliphatic rings. The highest BCUT2D eigenvalue weighted by Gasteiger charge is 2.14. The molecule has 0 amide bonds. The van der Waals surface area contributed by atoms with Gasteiger partial charge in [-0.05, 0) is 25.8 Å². The van der Waals surface area contributed by atoms with E-state index in [2.05, 4.69) is 36.9 Å². The van der Waals surface area contributed by atoms with Gasteiger partial charge in [0.2, 0.25) is 0 Å². The van der Waals surface area contributed by atoms with Crippen LogP contribution in [0, 0.1) is 13.8 Å². The molecule has 1 unspecified atom stereocenters. The van der Waals surface area contributed by atoms with Crippen LogP contribution >= 0.6 is 11.8 Å². The van der Waals surface area contributed by atoms with Crippen molar-refractivity contribution >= 4 is 11.8 Å². The first-order chi connectivity index (χ1) is 8.65. The van der Waals surface area contributed by atoms with Gasteiger partial charge in [0.25, 0.3) is 0 Å². The van der Waals surface area contributed by atoms with Crippen LogP contribution in [0.15, 0.2) is 18.2 Å². The quantitative estimate of drug-likeness (QED) is 0.905. The van der Waals surface area contributed by atoms with E-state index >= 15 is 0 Å². The van der Waals surface area contributed by atoms with Gasteiger partial charge in [0.15, 0.2) is 0 Å². The number of thioether (sulfide) groups is 1. The van der Waals surface area contributed by atoms with E-state index in [1.54, 1.807) is 0 Å². The van der Waals surface area contributed by atoms with Crippen molar-refractivity contribution in [2.75, 3.05) is 31.1 Å². The predicted molar refractivity (Wildman–Crippen MR) is 79.3 cm³/mol. The zero-order valence-electron chi connectivity index (χ0n) is 11.4. The maximum Gasteiger partial charge on any atom is 0.0802 e. The van der Waals surface area contributed by atoms with Gasteiger partial charge in [-0.15, -0.1) is 0 Å². The number of aliphatic hydroxyl groups is 1. The van der Waals surface area contributed by atoms with Crippen molar-refractivity contribution in [3.05, 3.63) is 34.9 Å². The van der Waals surface area contributed by atoms with Crippen molar-refractivity contribution in [1.82, 2.24) is 4.90 Å². The smallest absolute Gasteiger partial charge is 0.0802 e. The highest BCUT2D eigenvalue weighted by Crippen LogP contribution is 2.20. The van der Waals surface area contributed by atoms with E-state index in [-0.39, 0.29) is 6.10 Å². The molecule has 0 saturated carbocycles. The van der Waals surface area contributed by atoms with E-state index in [1.165, 1.54) is 35.7 Å². The van der Waals surface area contributed by atoms with E-state index in [0.717, 1.165) is 18.5 Å². The van der Waals surface area contributed by atoms with Gasteiger partial charge in [0, 0.05) is 31.1 Å². The average molecular weight is 265 g/mol. The minimum absolute atomic E-state index is 0.321. The van der Waals surface area contributed by atoms with Crippen molar-refractivity contribution in [3.63, 3.8) is 0 Å². The average Bonchev–Trinajstić information content (AvgIpc) is 2.36. The molecule has 18 heavy (non-hydrogen) atoms. The Bertz CT molecular complexity index is 368. The zero-order chi connectivity index (χ0) is 13.0. The molecular formula is C15H23NOS. The van der Waals surface area contributed by atoms with E-state index < -0.39 is 0 Å². The largest absolute Gasteiger partial charge is 0.388 e. The summed E-state index contributed by atoms with van der Waals surface area (Å²) in [6.45, 7) is 7.53. The molecule has 1 atom stereocenters. The summed E-state index contributed by atoms with van der Waals surface area (Å²) >= 11 is 2.03. The molecule has 100 valence electrons. The van der Waals surface area contributed by atoms with Crippen LogP contribution in [0.4, 0.5) is 0 Å². The van der Waals surface area contributed by atoms with E-state index in [0.29, 0.717) is 0 Å². The molecule has 1 fully saturated rings.